The van der Waals surface area contributed by atoms with Crippen LogP contribution in [0.4, 0.5) is 0 Å². The maximum Gasteiger partial charge on any atom is 0.300 e. The molecule has 0 radical (unpaired) electrons. The van der Waals surface area contributed by atoms with Crippen LogP contribution in [0.25, 0.3) is 0 Å². The van der Waals surface area contributed by atoms with Gasteiger partial charge in [0.1, 0.15) is 0 Å². The van der Waals surface area contributed by atoms with Crippen molar-refractivity contribution in [2.75, 3.05) is 0 Å². The minimum Gasteiger partial charge on any atom is -0.481 e. The molecule has 0 aromatic rings. The van der Waals surface area contributed by atoms with Gasteiger partial charge in [-0.3, -0.25) is 4.79 Å². The van der Waals surface area contributed by atoms with Crippen molar-refractivity contribution >= 4 is 21.2 Å². The second-order valence-electron chi connectivity index (χ2n) is 1.87. The molecule has 1 N–H and O–H groups in total. The zero-order valence-electron chi connectivity index (χ0n) is 6.48. The summed E-state index contributed by atoms with van der Waals surface area (Å²) in [6.45, 7) is 5.63. The van der Waals surface area contributed by atoms with Gasteiger partial charge in [0.05, 0.1) is 0 Å². The second kappa shape index (κ2) is 10.9. The number of carboxylic acid groups (broad SMARTS) is 1. The van der Waals surface area contributed by atoms with Gasteiger partial charge in [0.25, 0.3) is 5.97 Å². The van der Waals surface area contributed by atoms with Crippen molar-refractivity contribution in [2.24, 2.45) is 0 Å². The molecule has 0 heterocycles. The average molecular weight is 146 g/mol. The quantitative estimate of drug-likeness (QED) is 0.598. The number of hydrogen-bond donors (Lipinski definition) is 1. The Balaban J connectivity index is 0. The first kappa shape index (κ1) is 11.8. The molecule has 0 spiro atoms. The third-order valence-corrected chi connectivity index (χ3v) is 2.12. The van der Waals surface area contributed by atoms with Crippen LogP contribution < -0.4 is 0 Å². The molecule has 0 atom stereocenters. The lowest BCUT2D eigenvalue weighted by molar-refractivity contribution is -0.134. The first-order valence-electron chi connectivity index (χ1n) is 3.34. The maximum absolute atomic E-state index is 9.00. The first-order valence-corrected chi connectivity index (χ1v) is 5.34. The van der Waals surface area contributed by atoms with Crippen molar-refractivity contribution in [3.63, 3.8) is 0 Å². The minimum absolute atomic E-state index is 0.432. The Bertz CT molecular complexity index is 58.1. The average Bonchev–Trinajstić information content (AvgIpc) is 1.66. The monoisotopic (exact) mass is 146 g/mol. The number of aliphatic carboxylic acids is 1. The molecule has 0 aliphatic heterocycles. The number of rotatable bonds is 2. The zero-order chi connectivity index (χ0) is 7.70. The van der Waals surface area contributed by atoms with Crippen LogP contribution in [0.1, 0.15) is 20.8 Å². The molecule has 3 heteroatoms. The van der Waals surface area contributed by atoms with Crippen LogP contribution in [-0.2, 0) is 4.79 Å². The first-order chi connectivity index (χ1) is 4.15. The molecule has 0 saturated heterocycles. The summed E-state index contributed by atoms with van der Waals surface area (Å²) in [5.74, 6) is -0.833. The van der Waals surface area contributed by atoms with Crippen LogP contribution in [0, 0.1) is 0 Å². The molecule has 0 aromatic carbocycles. The van der Waals surface area contributed by atoms with Crippen molar-refractivity contribution in [3.05, 3.63) is 0 Å². The van der Waals surface area contributed by atoms with E-state index < -0.39 is 5.97 Å². The van der Waals surface area contributed by atoms with Crippen molar-refractivity contribution in [1.29, 1.82) is 0 Å². The Hall–Kier alpha value is 0.00247. The lowest BCUT2D eigenvalue weighted by Crippen LogP contribution is -1.78. The van der Waals surface area contributed by atoms with Gasteiger partial charge in [-0.2, -0.15) is 0 Å². The summed E-state index contributed by atoms with van der Waals surface area (Å²) >= 11 is 0.432. The molecule has 0 aliphatic rings. The molecule has 0 saturated carbocycles. The van der Waals surface area contributed by atoms with Crippen LogP contribution in [0.2, 0.25) is 10.6 Å². The molecule has 0 aromatic heterocycles. The molecule has 9 heavy (non-hydrogen) atoms. The van der Waals surface area contributed by atoms with E-state index in [4.69, 9.17) is 9.90 Å². The van der Waals surface area contributed by atoms with Crippen molar-refractivity contribution in [1.82, 2.24) is 0 Å². The van der Waals surface area contributed by atoms with Gasteiger partial charge in [-0.1, -0.05) is 13.8 Å². The molecule has 0 aliphatic carbocycles. The van der Waals surface area contributed by atoms with Gasteiger partial charge in [-0.15, -0.1) is 10.6 Å². The second-order valence-corrected chi connectivity index (χ2v) is 4.58. The van der Waals surface area contributed by atoms with Crippen LogP contribution >= 0.6 is 0 Å². The Morgan fingerprint density at radius 2 is 1.67 bits per heavy atom. The van der Waals surface area contributed by atoms with Crippen LogP contribution in [0.3, 0.4) is 0 Å². The fourth-order valence-electron chi connectivity index (χ4n) is 0.354. The lowest BCUT2D eigenvalue weighted by atomic mass is 10.9. The molecular formula is C6H15AlO2. The Morgan fingerprint density at radius 3 is 1.67 bits per heavy atom. The smallest absolute Gasteiger partial charge is 0.300 e. The van der Waals surface area contributed by atoms with Gasteiger partial charge >= 0.3 is 0 Å². The summed E-state index contributed by atoms with van der Waals surface area (Å²) in [5, 5.41) is 10.4. The molecule has 0 bridgehead atoms. The minimum atomic E-state index is -0.833. The van der Waals surface area contributed by atoms with Gasteiger partial charge in [-0.05, 0) is 0 Å². The Morgan fingerprint density at radius 1 is 1.44 bits per heavy atom. The van der Waals surface area contributed by atoms with E-state index in [1.807, 2.05) is 0 Å². The molecule has 0 unspecified atom stereocenters. The topological polar surface area (TPSA) is 37.3 Å². The number of carbonyl (C=O) groups is 1. The summed E-state index contributed by atoms with van der Waals surface area (Å²) < 4.78 is 0. The van der Waals surface area contributed by atoms with E-state index in [0.717, 1.165) is 6.92 Å². The highest BCUT2D eigenvalue weighted by Gasteiger charge is 1.76. The van der Waals surface area contributed by atoms with E-state index in [1.165, 1.54) is 10.6 Å². The fourth-order valence-corrected chi connectivity index (χ4v) is 1.06. The molecule has 0 amide bonds. The van der Waals surface area contributed by atoms with E-state index in [9.17, 15) is 0 Å². The highest BCUT2D eigenvalue weighted by atomic mass is 27.1. The van der Waals surface area contributed by atoms with Crippen molar-refractivity contribution < 1.29 is 9.90 Å². The molecule has 2 nitrogen and oxygen atoms in total. The SMILES string of the molecule is CC(=O)O.C[CH2][AlH][CH2]C. The van der Waals surface area contributed by atoms with E-state index >= 15 is 0 Å². The Labute approximate surface area is 63.0 Å². The summed E-state index contributed by atoms with van der Waals surface area (Å²) in [5.41, 5.74) is 0. The van der Waals surface area contributed by atoms with Crippen LogP contribution in [-0.4, -0.2) is 26.3 Å². The predicted octanol–water partition coefficient (Wildman–Crippen LogP) is 1.39. The Kier molecular flexibility index (Phi) is 14.2. The summed E-state index contributed by atoms with van der Waals surface area (Å²) in [6.07, 6.45) is 0. The highest BCUT2D eigenvalue weighted by Crippen LogP contribution is 1.77. The number of carboxylic acids is 1. The van der Waals surface area contributed by atoms with Gasteiger partial charge in [-0.25, -0.2) is 0 Å². The lowest BCUT2D eigenvalue weighted by Gasteiger charge is -1.73. The fraction of sp³-hybridized carbons (Fsp3) is 0.833. The summed E-state index contributed by atoms with van der Waals surface area (Å²) in [6, 6.07) is 0. The molecule has 0 rings (SSSR count). The van der Waals surface area contributed by atoms with E-state index in [-0.39, 0.29) is 0 Å². The third-order valence-electron chi connectivity index (χ3n) is 0.707. The highest BCUT2D eigenvalue weighted by molar-refractivity contribution is 6.34. The van der Waals surface area contributed by atoms with Gasteiger partial charge in [0.2, 0.25) is 15.2 Å². The largest absolute Gasteiger partial charge is 0.481 e. The molecule has 0 fully saturated rings. The third kappa shape index (κ3) is 71.9. The zero-order valence-corrected chi connectivity index (χ0v) is 7.89. The molecular weight excluding hydrogens is 131 g/mol. The van der Waals surface area contributed by atoms with Crippen LogP contribution in [0.15, 0.2) is 0 Å². The van der Waals surface area contributed by atoms with Gasteiger partial charge in [0, 0.05) is 6.92 Å². The van der Waals surface area contributed by atoms with E-state index in [2.05, 4.69) is 13.8 Å². The summed E-state index contributed by atoms with van der Waals surface area (Å²) in [7, 11) is 0. The predicted molar refractivity (Wildman–Crippen MR) is 41.4 cm³/mol. The summed E-state index contributed by atoms with van der Waals surface area (Å²) in [4.78, 5) is 9.00. The number of hydrogen-bond acceptors (Lipinski definition) is 1. The molecule has 54 valence electrons. The van der Waals surface area contributed by atoms with Crippen molar-refractivity contribution in [2.45, 2.75) is 31.3 Å². The van der Waals surface area contributed by atoms with Crippen molar-refractivity contribution in [3.8, 4) is 0 Å². The van der Waals surface area contributed by atoms with Gasteiger partial charge < -0.3 is 5.11 Å². The van der Waals surface area contributed by atoms with E-state index in [1.54, 1.807) is 0 Å². The van der Waals surface area contributed by atoms with Crippen LogP contribution in [0.5, 0.6) is 0 Å². The normalized spacial score (nSPS) is 7.00. The van der Waals surface area contributed by atoms with E-state index in [0.29, 0.717) is 15.2 Å². The maximum atomic E-state index is 9.00. The van der Waals surface area contributed by atoms with Gasteiger partial charge in [0.15, 0.2) is 0 Å². The standard InChI is InChI=1S/C2H4O2.2C2H5.Al.H/c1-2(3)4;2*1-2;;/h1H3,(H,3,4);2*1H2,2H3;;.